The number of hydrogen-bond donors (Lipinski definition) is 0. The van der Waals surface area contributed by atoms with Crippen molar-refractivity contribution in [1.82, 2.24) is 0 Å². The quantitative estimate of drug-likeness (QED) is 0.232. The first-order valence-corrected chi connectivity index (χ1v) is 11.7. The van der Waals surface area contributed by atoms with Crippen LogP contribution in [0.25, 0.3) is 0 Å². The lowest BCUT2D eigenvalue weighted by atomic mass is 9.86. The van der Waals surface area contributed by atoms with Crippen molar-refractivity contribution in [3.63, 3.8) is 0 Å². The third-order valence-corrected chi connectivity index (χ3v) is 5.58. The minimum atomic E-state index is -4.42. The molecule has 0 amide bonds. The molecule has 0 radical (unpaired) electrons. The van der Waals surface area contributed by atoms with Crippen LogP contribution in [-0.2, 0) is 21.1 Å². The van der Waals surface area contributed by atoms with E-state index in [1.165, 1.54) is 26.0 Å². The molecule has 0 aliphatic carbocycles. The number of Topliss-reactive ketones (excluding diaryl/α,β-unsaturated/α-hetero) is 1. The van der Waals surface area contributed by atoms with Gasteiger partial charge in [0.25, 0.3) is 0 Å². The number of hydrogen-bond acceptors (Lipinski definition) is 5. The second kappa shape index (κ2) is 11.1. The third kappa shape index (κ3) is 7.59. The maximum Gasteiger partial charge on any atom is 0.416 e. The normalized spacial score (nSPS) is 13.4. The Morgan fingerprint density at radius 3 is 1.62 bits per heavy atom. The number of benzene rings is 3. The zero-order chi connectivity index (χ0) is 27.4. The molecule has 2 unspecified atom stereocenters. The second-order valence-corrected chi connectivity index (χ2v) is 9.63. The summed E-state index contributed by atoms with van der Waals surface area (Å²) < 4.78 is 54.5. The summed E-state index contributed by atoms with van der Waals surface area (Å²) in [6, 6.07) is 17.8. The Bertz CT molecular complexity index is 1210. The first kappa shape index (κ1) is 27.8. The molecule has 0 heterocycles. The molecule has 0 spiro atoms. The predicted molar refractivity (Wildman–Crippen MR) is 133 cm³/mol. The van der Waals surface area contributed by atoms with E-state index in [1.807, 2.05) is 12.1 Å². The van der Waals surface area contributed by atoms with Crippen molar-refractivity contribution in [1.29, 1.82) is 0 Å². The first-order chi connectivity index (χ1) is 17.2. The minimum absolute atomic E-state index is 0.0427. The van der Waals surface area contributed by atoms with Gasteiger partial charge in [-0.1, -0.05) is 45.0 Å². The van der Waals surface area contributed by atoms with Crippen LogP contribution in [0.1, 0.15) is 56.1 Å². The average Bonchev–Trinajstić information content (AvgIpc) is 2.84. The van der Waals surface area contributed by atoms with Gasteiger partial charge in [0.15, 0.2) is 12.2 Å². The van der Waals surface area contributed by atoms with Gasteiger partial charge in [0.2, 0.25) is 5.78 Å². The van der Waals surface area contributed by atoms with Gasteiger partial charge in [-0.3, -0.25) is 4.79 Å². The number of rotatable bonds is 8. The van der Waals surface area contributed by atoms with Crippen LogP contribution < -0.4 is 9.47 Å². The number of ketones is 1. The molecule has 0 bridgehead atoms. The second-order valence-electron chi connectivity index (χ2n) is 9.63. The highest BCUT2D eigenvalue weighted by Crippen LogP contribution is 2.32. The van der Waals surface area contributed by atoms with E-state index in [9.17, 15) is 22.8 Å². The molecule has 0 saturated carbocycles. The van der Waals surface area contributed by atoms with Crippen LogP contribution in [0.3, 0.4) is 0 Å². The van der Waals surface area contributed by atoms with Crippen molar-refractivity contribution < 1.29 is 37.0 Å². The molecule has 0 aliphatic heterocycles. The van der Waals surface area contributed by atoms with Gasteiger partial charge in [-0.05, 0) is 73.4 Å². The molecule has 0 saturated heterocycles. The van der Waals surface area contributed by atoms with Gasteiger partial charge in [0.05, 0.1) is 5.56 Å². The molecule has 196 valence electrons. The number of ether oxygens (including phenoxy) is 3. The Morgan fingerprint density at radius 1 is 0.676 bits per heavy atom. The van der Waals surface area contributed by atoms with Crippen molar-refractivity contribution >= 4 is 11.8 Å². The molecule has 3 aromatic carbocycles. The van der Waals surface area contributed by atoms with E-state index in [2.05, 4.69) is 20.8 Å². The summed E-state index contributed by atoms with van der Waals surface area (Å²) in [5, 5.41) is 0. The molecule has 3 rings (SSSR count). The summed E-state index contributed by atoms with van der Waals surface area (Å²) in [5.74, 6) is -0.0478. The smallest absolute Gasteiger partial charge is 0.416 e. The van der Waals surface area contributed by atoms with E-state index >= 15 is 0 Å². The van der Waals surface area contributed by atoms with E-state index < -0.39 is 29.9 Å². The maximum absolute atomic E-state index is 12.7. The molecule has 0 N–H and O–H groups in total. The lowest BCUT2D eigenvalue weighted by Crippen LogP contribution is -2.32. The molecular weight excluding hydrogens is 485 g/mol. The highest BCUT2D eigenvalue weighted by Gasteiger charge is 2.30. The first-order valence-electron chi connectivity index (χ1n) is 11.7. The van der Waals surface area contributed by atoms with Gasteiger partial charge in [0, 0.05) is 5.56 Å². The number of alkyl halides is 3. The summed E-state index contributed by atoms with van der Waals surface area (Å²) in [6.07, 6.45) is -6.39. The molecular formula is C29H29F3O5. The Labute approximate surface area is 214 Å². The largest absolute Gasteiger partial charge is 0.479 e. The standard InChI is InChI=1S/C29H29F3O5/c1-18(26(33)20-6-8-21(9-7-20)28(3,4)5)36-27(34)19(2)35-23-14-16-25(17-15-23)37-24-12-10-22(11-13-24)29(30,31)32/h6-19H,1-5H3. The summed E-state index contributed by atoms with van der Waals surface area (Å²) in [7, 11) is 0. The predicted octanol–water partition coefficient (Wildman–Crippen LogP) is 7.38. The van der Waals surface area contributed by atoms with Crippen molar-refractivity contribution in [2.75, 3.05) is 0 Å². The highest BCUT2D eigenvalue weighted by molar-refractivity contribution is 6.00. The Kier molecular flexibility index (Phi) is 8.31. The molecule has 8 heteroatoms. The number of esters is 1. The van der Waals surface area contributed by atoms with Gasteiger partial charge in [-0.2, -0.15) is 13.2 Å². The van der Waals surface area contributed by atoms with Crippen LogP contribution in [0.4, 0.5) is 13.2 Å². The zero-order valence-corrected chi connectivity index (χ0v) is 21.3. The van der Waals surface area contributed by atoms with Crippen LogP contribution >= 0.6 is 0 Å². The summed E-state index contributed by atoms with van der Waals surface area (Å²) >= 11 is 0. The molecule has 37 heavy (non-hydrogen) atoms. The van der Waals surface area contributed by atoms with Crippen LogP contribution in [0.2, 0.25) is 0 Å². The summed E-state index contributed by atoms with van der Waals surface area (Å²) in [4.78, 5) is 25.2. The number of halogens is 3. The van der Waals surface area contributed by atoms with Gasteiger partial charge in [-0.25, -0.2) is 4.79 Å². The zero-order valence-electron chi connectivity index (χ0n) is 21.3. The maximum atomic E-state index is 12.7. The van der Waals surface area contributed by atoms with Gasteiger partial charge in [0.1, 0.15) is 17.2 Å². The highest BCUT2D eigenvalue weighted by atomic mass is 19.4. The molecule has 5 nitrogen and oxygen atoms in total. The van der Waals surface area contributed by atoms with Crippen LogP contribution in [0.5, 0.6) is 17.2 Å². The minimum Gasteiger partial charge on any atom is -0.479 e. The van der Waals surface area contributed by atoms with Crippen molar-refractivity contribution in [3.05, 3.63) is 89.5 Å². The third-order valence-electron chi connectivity index (χ3n) is 5.58. The summed E-state index contributed by atoms with van der Waals surface area (Å²) in [6.45, 7) is 9.25. The lowest BCUT2D eigenvalue weighted by molar-refractivity contribution is -0.153. The van der Waals surface area contributed by atoms with Crippen molar-refractivity contribution in [3.8, 4) is 17.2 Å². The Hall–Kier alpha value is -3.81. The van der Waals surface area contributed by atoms with Crippen molar-refractivity contribution in [2.45, 2.75) is 58.4 Å². The van der Waals surface area contributed by atoms with E-state index in [0.29, 0.717) is 17.1 Å². The fourth-order valence-corrected chi connectivity index (χ4v) is 3.38. The van der Waals surface area contributed by atoms with Crippen LogP contribution in [0, 0.1) is 0 Å². The molecule has 3 aromatic rings. The number of carbonyl (C=O) groups excluding carboxylic acids is 2. The lowest BCUT2D eigenvalue weighted by Gasteiger charge is -2.20. The summed E-state index contributed by atoms with van der Waals surface area (Å²) in [5.41, 5.74) is 0.731. The molecule has 0 fully saturated rings. The average molecular weight is 515 g/mol. The van der Waals surface area contributed by atoms with Gasteiger partial charge >= 0.3 is 12.1 Å². The number of carbonyl (C=O) groups is 2. The Balaban J connectivity index is 1.53. The fraction of sp³-hybridized carbons (Fsp3) is 0.310. The topological polar surface area (TPSA) is 61.8 Å². The van der Waals surface area contributed by atoms with Crippen LogP contribution in [-0.4, -0.2) is 24.0 Å². The van der Waals surface area contributed by atoms with Crippen molar-refractivity contribution in [2.24, 2.45) is 0 Å². The van der Waals surface area contributed by atoms with E-state index in [-0.39, 0.29) is 16.9 Å². The van der Waals surface area contributed by atoms with Gasteiger partial charge in [-0.15, -0.1) is 0 Å². The van der Waals surface area contributed by atoms with E-state index in [4.69, 9.17) is 14.2 Å². The molecule has 0 aromatic heterocycles. The van der Waals surface area contributed by atoms with Gasteiger partial charge < -0.3 is 14.2 Å². The molecule has 0 aliphatic rings. The van der Waals surface area contributed by atoms with Crippen LogP contribution in [0.15, 0.2) is 72.8 Å². The SMILES string of the molecule is CC(Oc1ccc(Oc2ccc(C(F)(F)F)cc2)cc1)C(=O)OC(C)C(=O)c1ccc(C(C)(C)C)cc1. The monoisotopic (exact) mass is 514 g/mol. The fourth-order valence-electron chi connectivity index (χ4n) is 3.38. The Morgan fingerprint density at radius 2 is 1.14 bits per heavy atom. The van der Waals surface area contributed by atoms with E-state index in [1.54, 1.807) is 36.4 Å². The molecule has 2 atom stereocenters. The van der Waals surface area contributed by atoms with E-state index in [0.717, 1.165) is 17.7 Å².